The van der Waals surface area contributed by atoms with E-state index in [1.54, 1.807) is 6.20 Å². The molecule has 1 aromatic heterocycles. The van der Waals surface area contributed by atoms with Crippen molar-refractivity contribution in [1.82, 2.24) is 9.88 Å². The molecule has 0 spiro atoms. The van der Waals surface area contributed by atoms with Crippen molar-refractivity contribution in [3.8, 4) is 0 Å². The van der Waals surface area contributed by atoms with E-state index in [-0.39, 0.29) is 17.8 Å². The Morgan fingerprint density at radius 2 is 2.25 bits per heavy atom. The number of ketones is 1. The molecule has 1 saturated heterocycles. The highest BCUT2D eigenvalue weighted by atomic mass is 16.3. The van der Waals surface area contributed by atoms with Crippen LogP contribution < -0.4 is 0 Å². The number of aliphatic hydroxyl groups is 1. The number of nitrogens with zero attached hydrogens (tertiary/aromatic N) is 1. The second-order valence-corrected chi connectivity index (χ2v) is 5.74. The van der Waals surface area contributed by atoms with Gasteiger partial charge in [-0.25, -0.2) is 0 Å². The molecule has 1 aliphatic heterocycles. The second-order valence-electron chi connectivity index (χ2n) is 5.74. The summed E-state index contributed by atoms with van der Waals surface area (Å²) >= 11 is 0. The Hall–Kier alpha value is -1.65. The van der Waals surface area contributed by atoms with Gasteiger partial charge in [-0.15, -0.1) is 0 Å². The molecule has 0 radical (unpaired) electrons. The molecule has 0 saturated carbocycles. The third kappa shape index (κ3) is 2.49. The highest BCUT2D eigenvalue weighted by Crippen LogP contribution is 2.20. The predicted molar refractivity (Wildman–Crippen MR) is 78.9 cm³/mol. The van der Waals surface area contributed by atoms with Crippen LogP contribution >= 0.6 is 0 Å². The average Bonchev–Trinajstić information content (AvgIpc) is 2.87. The maximum absolute atomic E-state index is 12.5. The summed E-state index contributed by atoms with van der Waals surface area (Å²) in [6, 6.07) is 7.86. The van der Waals surface area contributed by atoms with Crippen molar-refractivity contribution in [2.24, 2.45) is 5.92 Å². The standard InChI is InChI=1S/C16H20N2O2/c1-11-9-18(7-6-15(11)19)10-16(20)13-8-17-14-5-3-2-4-12(13)14/h2-5,8,11,15,17,19H,6-7,9-10H2,1H3. The van der Waals surface area contributed by atoms with Gasteiger partial charge in [0.05, 0.1) is 12.6 Å². The van der Waals surface area contributed by atoms with E-state index in [1.807, 2.05) is 31.2 Å². The first-order valence-electron chi connectivity index (χ1n) is 7.15. The number of fused-ring (bicyclic) bond motifs is 1. The number of para-hydroxylation sites is 1. The van der Waals surface area contributed by atoms with Crippen LogP contribution in [0.15, 0.2) is 30.5 Å². The van der Waals surface area contributed by atoms with Crippen LogP contribution in [0.4, 0.5) is 0 Å². The molecule has 0 bridgehead atoms. The minimum Gasteiger partial charge on any atom is -0.393 e. The van der Waals surface area contributed by atoms with Gasteiger partial charge < -0.3 is 10.1 Å². The summed E-state index contributed by atoms with van der Waals surface area (Å²) < 4.78 is 0. The molecule has 2 atom stereocenters. The second kappa shape index (κ2) is 5.38. The van der Waals surface area contributed by atoms with Crippen molar-refractivity contribution in [3.05, 3.63) is 36.0 Å². The molecule has 106 valence electrons. The zero-order valence-electron chi connectivity index (χ0n) is 11.7. The lowest BCUT2D eigenvalue weighted by Gasteiger charge is -2.33. The Bertz CT molecular complexity index is 620. The van der Waals surface area contributed by atoms with E-state index >= 15 is 0 Å². The third-order valence-corrected chi connectivity index (χ3v) is 4.20. The summed E-state index contributed by atoms with van der Waals surface area (Å²) in [6.45, 7) is 4.04. The molecule has 3 rings (SSSR count). The zero-order chi connectivity index (χ0) is 14.1. The smallest absolute Gasteiger partial charge is 0.178 e. The van der Waals surface area contributed by atoms with Crippen LogP contribution in [-0.2, 0) is 0 Å². The quantitative estimate of drug-likeness (QED) is 0.841. The first-order valence-corrected chi connectivity index (χ1v) is 7.15. The minimum atomic E-state index is -0.227. The summed E-state index contributed by atoms with van der Waals surface area (Å²) in [7, 11) is 0. The van der Waals surface area contributed by atoms with E-state index in [2.05, 4.69) is 9.88 Å². The Morgan fingerprint density at radius 1 is 1.45 bits per heavy atom. The molecule has 1 aliphatic rings. The number of aliphatic hydroxyl groups excluding tert-OH is 1. The fourth-order valence-corrected chi connectivity index (χ4v) is 2.95. The number of nitrogens with one attached hydrogen (secondary N) is 1. The maximum atomic E-state index is 12.5. The fourth-order valence-electron chi connectivity index (χ4n) is 2.95. The zero-order valence-corrected chi connectivity index (χ0v) is 11.7. The van der Waals surface area contributed by atoms with E-state index in [9.17, 15) is 9.90 Å². The number of aromatic nitrogens is 1. The number of H-pyrrole nitrogens is 1. The molecule has 2 unspecified atom stereocenters. The van der Waals surface area contributed by atoms with Crippen molar-refractivity contribution in [3.63, 3.8) is 0 Å². The number of hydrogen-bond donors (Lipinski definition) is 2. The number of carbonyl (C=O) groups is 1. The van der Waals surface area contributed by atoms with Crippen LogP contribution in [0.1, 0.15) is 23.7 Å². The van der Waals surface area contributed by atoms with Crippen molar-refractivity contribution in [2.75, 3.05) is 19.6 Å². The van der Waals surface area contributed by atoms with Crippen LogP contribution in [0, 0.1) is 5.92 Å². The summed E-state index contributed by atoms with van der Waals surface area (Å²) in [4.78, 5) is 17.7. The van der Waals surface area contributed by atoms with Crippen LogP contribution in [0.3, 0.4) is 0 Å². The van der Waals surface area contributed by atoms with Gasteiger partial charge in [0.2, 0.25) is 0 Å². The molecule has 4 heteroatoms. The Kier molecular flexibility index (Phi) is 3.59. The molecule has 20 heavy (non-hydrogen) atoms. The van der Waals surface area contributed by atoms with Crippen LogP contribution in [-0.4, -0.2) is 46.5 Å². The van der Waals surface area contributed by atoms with Crippen LogP contribution in [0.25, 0.3) is 10.9 Å². The van der Waals surface area contributed by atoms with E-state index in [0.717, 1.165) is 36.0 Å². The van der Waals surface area contributed by atoms with Gasteiger partial charge in [0.25, 0.3) is 0 Å². The van der Waals surface area contributed by atoms with Gasteiger partial charge in [0.1, 0.15) is 0 Å². The van der Waals surface area contributed by atoms with E-state index < -0.39 is 0 Å². The number of rotatable bonds is 3. The van der Waals surface area contributed by atoms with Gasteiger partial charge in [-0.1, -0.05) is 25.1 Å². The topological polar surface area (TPSA) is 56.3 Å². The Morgan fingerprint density at radius 3 is 3.05 bits per heavy atom. The molecular weight excluding hydrogens is 252 g/mol. The number of benzene rings is 1. The normalized spacial score (nSPS) is 24.1. The largest absolute Gasteiger partial charge is 0.393 e. The van der Waals surface area contributed by atoms with Gasteiger partial charge in [0.15, 0.2) is 5.78 Å². The summed E-state index contributed by atoms with van der Waals surface area (Å²) in [5.74, 6) is 0.380. The summed E-state index contributed by atoms with van der Waals surface area (Å²) in [6.07, 6.45) is 2.33. The van der Waals surface area contributed by atoms with Crippen molar-refractivity contribution in [1.29, 1.82) is 0 Å². The number of Topliss-reactive ketones (excluding diaryl/α,β-unsaturated/α-hetero) is 1. The minimum absolute atomic E-state index is 0.144. The van der Waals surface area contributed by atoms with Crippen LogP contribution in [0.5, 0.6) is 0 Å². The van der Waals surface area contributed by atoms with Crippen molar-refractivity contribution in [2.45, 2.75) is 19.4 Å². The van der Waals surface area contributed by atoms with Crippen molar-refractivity contribution < 1.29 is 9.90 Å². The van der Waals surface area contributed by atoms with Crippen molar-refractivity contribution >= 4 is 16.7 Å². The number of hydrogen-bond acceptors (Lipinski definition) is 3. The number of carbonyl (C=O) groups excluding carboxylic acids is 1. The SMILES string of the molecule is CC1CN(CC(=O)c2c[nH]c3ccccc23)CCC1O. The lowest BCUT2D eigenvalue weighted by atomic mass is 9.96. The van der Waals surface area contributed by atoms with Gasteiger partial charge in [-0.3, -0.25) is 9.69 Å². The predicted octanol–water partition coefficient (Wildman–Crippen LogP) is 2.05. The lowest BCUT2D eigenvalue weighted by molar-refractivity contribution is 0.0344. The number of likely N-dealkylation sites (tertiary alicyclic amines) is 1. The summed E-state index contributed by atoms with van der Waals surface area (Å²) in [5, 5.41) is 10.7. The number of aromatic amines is 1. The summed E-state index contributed by atoms with van der Waals surface area (Å²) in [5.41, 5.74) is 1.76. The maximum Gasteiger partial charge on any atom is 0.178 e. The van der Waals surface area contributed by atoms with Gasteiger partial charge >= 0.3 is 0 Å². The molecule has 2 heterocycles. The average molecular weight is 272 g/mol. The number of piperidine rings is 1. The molecule has 1 aromatic carbocycles. The molecule has 0 amide bonds. The molecule has 0 aliphatic carbocycles. The van der Waals surface area contributed by atoms with Gasteiger partial charge in [-0.05, 0) is 18.4 Å². The van der Waals surface area contributed by atoms with Gasteiger partial charge in [-0.2, -0.15) is 0 Å². The fraction of sp³-hybridized carbons (Fsp3) is 0.438. The first-order chi connectivity index (χ1) is 9.65. The molecular formula is C16H20N2O2. The first kappa shape index (κ1) is 13.3. The molecule has 1 fully saturated rings. The lowest BCUT2D eigenvalue weighted by Crippen LogP contribution is -2.44. The Labute approximate surface area is 118 Å². The van der Waals surface area contributed by atoms with E-state index in [0.29, 0.717) is 6.54 Å². The van der Waals surface area contributed by atoms with E-state index in [1.165, 1.54) is 0 Å². The monoisotopic (exact) mass is 272 g/mol. The van der Waals surface area contributed by atoms with Gasteiger partial charge in [0, 0.05) is 35.8 Å². The molecule has 4 nitrogen and oxygen atoms in total. The molecule has 2 N–H and O–H groups in total. The highest BCUT2D eigenvalue weighted by Gasteiger charge is 2.26. The van der Waals surface area contributed by atoms with Crippen LogP contribution in [0.2, 0.25) is 0 Å². The third-order valence-electron chi connectivity index (χ3n) is 4.20. The highest BCUT2D eigenvalue weighted by molar-refractivity contribution is 6.08. The Balaban J connectivity index is 1.73. The molecule has 2 aromatic rings. The van der Waals surface area contributed by atoms with E-state index in [4.69, 9.17) is 0 Å².